The van der Waals surface area contributed by atoms with Gasteiger partial charge in [-0.1, -0.05) is 48.5 Å². The number of fused-ring (bicyclic) bond motifs is 3. The lowest BCUT2D eigenvalue weighted by Gasteiger charge is -2.20. The van der Waals surface area contributed by atoms with Gasteiger partial charge in [0.15, 0.2) is 0 Å². The summed E-state index contributed by atoms with van der Waals surface area (Å²) in [5.41, 5.74) is 4.89. The van der Waals surface area contributed by atoms with E-state index in [0.29, 0.717) is 6.61 Å². The van der Waals surface area contributed by atoms with Gasteiger partial charge in [-0.3, -0.25) is 4.99 Å². The van der Waals surface area contributed by atoms with Crippen LogP contribution >= 0.6 is 0 Å². The molecule has 0 atom stereocenters. The summed E-state index contributed by atoms with van der Waals surface area (Å²) in [6.07, 6.45) is -0.512. The van der Waals surface area contributed by atoms with Crippen molar-refractivity contribution in [3.05, 3.63) is 59.7 Å². The van der Waals surface area contributed by atoms with Crippen LogP contribution in [0.1, 0.15) is 17.0 Å². The van der Waals surface area contributed by atoms with Gasteiger partial charge in [-0.05, 0) is 22.3 Å². The minimum atomic E-state index is -0.512. The van der Waals surface area contributed by atoms with Crippen molar-refractivity contribution < 1.29 is 9.84 Å². The zero-order valence-corrected chi connectivity index (χ0v) is 10.7. The van der Waals surface area contributed by atoms with Crippen molar-refractivity contribution in [1.29, 1.82) is 0 Å². The zero-order chi connectivity index (χ0) is 13.2. The second-order valence-corrected chi connectivity index (χ2v) is 4.53. The van der Waals surface area contributed by atoms with Gasteiger partial charge in [-0.25, -0.2) is 0 Å². The molecule has 2 aromatic rings. The predicted octanol–water partition coefficient (Wildman–Crippen LogP) is 2.16. The summed E-state index contributed by atoms with van der Waals surface area (Å²) in [5, 5.41) is 11.2. The van der Waals surface area contributed by atoms with Gasteiger partial charge in [-0.15, -0.1) is 0 Å². The lowest BCUT2D eigenvalue weighted by Crippen LogP contribution is -2.23. The molecule has 1 aliphatic carbocycles. The Morgan fingerprint density at radius 1 is 1.05 bits per heavy atom. The SMILES string of the molecule is CN=C([O-])OCC1c2ccccc2-c2ccccc21. The van der Waals surface area contributed by atoms with Gasteiger partial charge in [-0.2, -0.15) is 0 Å². The lowest BCUT2D eigenvalue weighted by atomic mass is 9.98. The molecule has 2 aromatic carbocycles. The Morgan fingerprint density at radius 2 is 1.58 bits per heavy atom. The summed E-state index contributed by atoms with van der Waals surface area (Å²) in [4.78, 5) is 3.50. The number of rotatable bonds is 2. The molecule has 0 bridgehead atoms. The first-order valence-corrected chi connectivity index (χ1v) is 6.26. The first-order valence-electron chi connectivity index (χ1n) is 6.26. The third kappa shape index (κ3) is 1.97. The fourth-order valence-corrected chi connectivity index (χ4v) is 2.66. The van der Waals surface area contributed by atoms with Gasteiger partial charge >= 0.3 is 0 Å². The average Bonchev–Trinajstić information content (AvgIpc) is 2.79. The highest BCUT2D eigenvalue weighted by Gasteiger charge is 2.26. The molecule has 0 fully saturated rings. The molecule has 96 valence electrons. The van der Waals surface area contributed by atoms with E-state index in [0.717, 1.165) is 0 Å². The second-order valence-electron chi connectivity index (χ2n) is 4.53. The molecule has 0 aromatic heterocycles. The first kappa shape index (κ1) is 11.8. The molecule has 0 spiro atoms. The standard InChI is InChI=1S/C16H15NO2/c1-17-16(18)19-10-15-13-8-4-2-6-11(13)12-7-3-5-9-14(12)15/h2-9,15H,10H2,1H3,(H,17,18)/p-1. The zero-order valence-electron chi connectivity index (χ0n) is 10.7. The molecule has 0 radical (unpaired) electrons. The molecule has 0 N–H and O–H groups in total. The third-order valence-corrected chi connectivity index (χ3v) is 3.52. The van der Waals surface area contributed by atoms with Crippen molar-refractivity contribution in [2.45, 2.75) is 5.92 Å². The number of benzene rings is 2. The van der Waals surface area contributed by atoms with Gasteiger partial charge in [0.1, 0.15) is 6.08 Å². The number of hydrogen-bond acceptors (Lipinski definition) is 3. The maximum absolute atomic E-state index is 11.2. The summed E-state index contributed by atoms with van der Waals surface area (Å²) < 4.78 is 5.18. The van der Waals surface area contributed by atoms with E-state index in [4.69, 9.17) is 4.74 Å². The normalized spacial score (nSPS) is 14.1. The Labute approximate surface area is 112 Å². The molecule has 3 rings (SSSR count). The van der Waals surface area contributed by atoms with Crippen LogP contribution < -0.4 is 5.11 Å². The summed E-state index contributed by atoms with van der Waals surface area (Å²) in [5.74, 6) is 0.109. The summed E-state index contributed by atoms with van der Waals surface area (Å²) in [7, 11) is 1.44. The van der Waals surface area contributed by atoms with Crippen LogP contribution in [0.2, 0.25) is 0 Å². The molecule has 0 saturated carbocycles. The van der Waals surface area contributed by atoms with E-state index in [1.54, 1.807) is 0 Å². The summed E-state index contributed by atoms with van der Waals surface area (Å²) in [6, 6.07) is 16.5. The molecular weight excluding hydrogens is 238 g/mol. The molecule has 0 saturated heterocycles. The van der Waals surface area contributed by atoms with Gasteiger partial charge in [0.25, 0.3) is 0 Å². The second kappa shape index (κ2) is 4.76. The molecule has 19 heavy (non-hydrogen) atoms. The highest BCUT2D eigenvalue weighted by atomic mass is 16.6. The lowest BCUT2D eigenvalue weighted by molar-refractivity contribution is -0.250. The van der Waals surface area contributed by atoms with Gasteiger partial charge < -0.3 is 9.84 Å². The molecule has 3 nitrogen and oxygen atoms in total. The Kier molecular flexibility index (Phi) is 2.95. The number of hydrogen-bond donors (Lipinski definition) is 0. The monoisotopic (exact) mass is 252 g/mol. The van der Waals surface area contributed by atoms with Gasteiger partial charge in [0, 0.05) is 19.6 Å². The van der Waals surface area contributed by atoms with Crippen LogP contribution in [0.5, 0.6) is 0 Å². The third-order valence-electron chi connectivity index (χ3n) is 3.52. The largest absolute Gasteiger partial charge is 0.599 e. The Morgan fingerprint density at radius 3 is 2.11 bits per heavy atom. The van der Waals surface area contributed by atoms with E-state index in [-0.39, 0.29) is 5.92 Å². The number of nitrogens with zero attached hydrogens (tertiary/aromatic N) is 1. The van der Waals surface area contributed by atoms with Crippen LogP contribution in [0.15, 0.2) is 53.5 Å². The smallest absolute Gasteiger partial charge is 0.145 e. The molecule has 0 heterocycles. The van der Waals surface area contributed by atoms with E-state index < -0.39 is 6.08 Å². The topological polar surface area (TPSA) is 44.7 Å². The minimum Gasteiger partial charge on any atom is -0.599 e. The highest BCUT2D eigenvalue weighted by Crippen LogP contribution is 2.44. The Bertz CT molecular complexity index is 589. The summed E-state index contributed by atoms with van der Waals surface area (Å²) in [6.45, 7) is 0.337. The number of ether oxygens (including phenoxy) is 1. The number of aliphatic imine (C=N–C) groups is 1. The van der Waals surface area contributed by atoms with Crippen molar-refractivity contribution in [2.24, 2.45) is 4.99 Å². The first-order chi connectivity index (χ1) is 9.31. The van der Waals surface area contributed by atoms with E-state index in [9.17, 15) is 5.11 Å². The van der Waals surface area contributed by atoms with Crippen LogP contribution in [0.3, 0.4) is 0 Å². The van der Waals surface area contributed by atoms with Crippen molar-refractivity contribution in [2.75, 3.05) is 13.7 Å². The van der Waals surface area contributed by atoms with Crippen LogP contribution in [-0.2, 0) is 4.74 Å². The van der Waals surface area contributed by atoms with Crippen LogP contribution in [-0.4, -0.2) is 19.7 Å². The summed E-state index contributed by atoms with van der Waals surface area (Å²) >= 11 is 0. The van der Waals surface area contributed by atoms with Crippen molar-refractivity contribution in [3.63, 3.8) is 0 Å². The molecule has 3 heteroatoms. The highest BCUT2D eigenvalue weighted by molar-refractivity contribution is 5.78. The van der Waals surface area contributed by atoms with E-state index in [1.807, 2.05) is 24.3 Å². The van der Waals surface area contributed by atoms with E-state index in [2.05, 4.69) is 29.3 Å². The van der Waals surface area contributed by atoms with Gasteiger partial charge in [0.2, 0.25) is 0 Å². The van der Waals surface area contributed by atoms with Crippen LogP contribution in [0, 0.1) is 0 Å². The van der Waals surface area contributed by atoms with Crippen LogP contribution in [0.4, 0.5) is 0 Å². The van der Waals surface area contributed by atoms with Gasteiger partial charge in [0.05, 0.1) is 0 Å². The molecular formula is C16H14NO2-. The van der Waals surface area contributed by atoms with E-state index >= 15 is 0 Å². The minimum absolute atomic E-state index is 0.109. The Hall–Kier alpha value is -2.29. The fraction of sp³-hybridized carbons (Fsp3) is 0.188. The van der Waals surface area contributed by atoms with Crippen LogP contribution in [0.25, 0.3) is 11.1 Å². The molecule has 0 amide bonds. The van der Waals surface area contributed by atoms with Crippen molar-refractivity contribution in [3.8, 4) is 11.1 Å². The van der Waals surface area contributed by atoms with Crippen molar-refractivity contribution in [1.82, 2.24) is 0 Å². The fourth-order valence-electron chi connectivity index (χ4n) is 2.66. The van der Waals surface area contributed by atoms with Crippen molar-refractivity contribution >= 4 is 6.08 Å². The average molecular weight is 252 g/mol. The molecule has 1 aliphatic rings. The maximum atomic E-state index is 11.2. The quantitative estimate of drug-likeness (QED) is 0.607. The predicted molar refractivity (Wildman–Crippen MR) is 73.0 cm³/mol. The molecule has 0 unspecified atom stereocenters. The molecule has 0 aliphatic heterocycles. The maximum Gasteiger partial charge on any atom is 0.145 e. The Balaban J connectivity index is 2.00. The van der Waals surface area contributed by atoms with E-state index in [1.165, 1.54) is 29.3 Å².